The van der Waals surface area contributed by atoms with E-state index in [2.05, 4.69) is 13.0 Å². The zero-order chi connectivity index (χ0) is 27.5. The van der Waals surface area contributed by atoms with Crippen molar-refractivity contribution in [2.45, 2.75) is 32.1 Å². The Hall–Kier alpha value is -3.70. The molecule has 0 fully saturated rings. The summed E-state index contributed by atoms with van der Waals surface area (Å²) in [5.74, 6) is 0.272. The Labute approximate surface area is 240 Å². The van der Waals surface area contributed by atoms with Crippen molar-refractivity contribution in [1.82, 2.24) is 0 Å². The molecule has 0 spiro atoms. The summed E-state index contributed by atoms with van der Waals surface area (Å²) >= 11 is 14.0. The fourth-order valence-electron chi connectivity index (χ4n) is 4.52. The number of nitriles is 1. The number of rotatable bonds is 8. The van der Waals surface area contributed by atoms with Crippen molar-refractivity contribution in [1.29, 1.82) is 5.26 Å². The highest BCUT2D eigenvalue weighted by Crippen LogP contribution is 2.45. The van der Waals surface area contributed by atoms with Gasteiger partial charge in [-0.1, -0.05) is 67.2 Å². The summed E-state index contributed by atoms with van der Waals surface area (Å²) in [6.45, 7) is 2.76. The molecular weight excluding hydrogens is 555 g/mol. The molecule has 0 amide bonds. The van der Waals surface area contributed by atoms with Crippen LogP contribution in [0.4, 0.5) is 0 Å². The Balaban J connectivity index is 1.43. The van der Waals surface area contributed by atoms with Crippen molar-refractivity contribution >= 4 is 50.6 Å². The van der Waals surface area contributed by atoms with Gasteiger partial charge in [-0.25, -0.2) is 4.79 Å². The van der Waals surface area contributed by atoms with Crippen LogP contribution in [0.5, 0.6) is 17.2 Å². The lowest BCUT2D eigenvalue weighted by molar-refractivity contribution is 0.0740. The standard InChI is InChI=1S/C30H24Cl2N2O4S/c1-2-3-4-13-36-18-8-5-7-17(14-18)25-20-12-11-19(15-23(20)38-29(34)21(25)16-33)37-30(35)28-27(32)26-22(31)9-6-10-24(26)39-28/h5-12,14-15,25H,2-4,13,34H2,1H3. The van der Waals surface area contributed by atoms with Crippen LogP contribution in [0, 0.1) is 11.3 Å². The van der Waals surface area contributed by atoms with Gasteiger partial charge in [-0.05, 0) is 42.3 Å². The highest BCUT2D eigenvalue weighted by Gasteiger charge is 2.31. The van der Waals surface area contributed by atoms with Crippen molar-refractivity contribution in [2.24, 2.45) is 5.73 Å². The molecule has 4 aromatic rings. The molecule has 0 saturated carbocycles. The van der Waals surface area contributed by atoms with Crippen LogP contribution in [-0.4, -0.2) is 12.6 Å². The molecule has 6 nitrogen and oxygen atoms in total. The van der Waals surface area contributed by atoms with Crippen LogP contribution in [0.25, 0.3) is 10.1 Å². The van der Waals surface area contributed by atoms with E-state index in [4.69, 9.17) is 43.1 Å². The molecule has 198 valence electrons. The van der Waals surface area contributed by atoms with Crippen LogP contribution in [0.1, 0.15) is 52.9 Å². The molecule has 0 saturated heterocycles. The summed E-state index contributed by atoms with van der Waals surface area (Å²) in [6, 6.07) is 20.2. The lowest BCUT2D eigenvalue weighted by Crippen LogP contribution is -2.21. The average molecular weight is 580 g/mol. The van der Waals surface area contributed by atoms with Crippen molar-refractivity contribution in [3.63, 3.8) is 0 Å². The third-order valence-corrected chi connectivity index (χ3v) is 8.34. The first-order valence-corrected chi connectivity index (χ1v) is 14.0. The third kappa shape index (κ3) is 5.41. The molecule has 2 heterocycles. The van der Waals surface area contributed by atoms with Crippen LogP contribution >= 0.6 is 34.5 Å². The lowest BCUT2D eigenvalue weighted by Gasteiger charge is -2.27. The van der Waals surface area contributed by atoms with E-state index in [1.807, 2.05) is 30.3 Å². The Morgan fingerprint density at radius 3 is 2.69 bits per heavy atom. The maximum absolute atomic E-state index is 13.0. The van der Waals surface area contributed by atoms with Gasteiger partial charge in [0.1, 0.15) is 33.8 Å². The number of allylic oxidation sites excluding steroid dienone is 1. The Morgan fingerprint density at radius 2 is 1.92 bits per heavy atom. The van der Waals surface area contributed by atoms with Crippen LogP contribution in [0.2, 0.25) is 10.0 Å². The van der Waals surface area contributed by atoms with Crippen molar-refractivity contribution in [2.75, 3.05) is 6.61 Å². The average Bonchev–Trinajstić information content (AvgIpc) is 3.28. The molecule has 0 radical (unpaired) electrons. The molecule has 0 aliphatic carbocycles. The number of ether oxygens (including phenoxy) is 3. The van der Waals surface area contributed by atoms with E-state index in [1.165, 1.54) is 11.3 Å². The van der Waals surface area contributed by atoms with E-state index in [1.54, 1.807) is 30.3 Å². The highest BCUT2D eigenvalue weighted by molar-refractivity contribution is 7.21. The topological polar surface area (TPSA) is 94.6 Å². The summed E-state index contributed by atoms with van der Waals surface area (Å²) in [6.07, 6.45) is 3.18. The van der Waals surface area contributed by atoms with E-state index in [-0.39, 0.29) is 21.5 Å². The second-order valence-electron chi connectivity index (χ2n) is 9.00. The van der Waals surface area contributed by atoms with Gasteiger partial charge in [0, 0.05) is 21.7 Å². The van der Waals surface area contributed by atoms with E-state index >= 15 is 0 Å². The largest absolute Gasteiger partial charge is 0.494 e. The highest BCUT2D eigenvalue weighted by atomic mass is 35.5. The van der Waals surface area contributed by atoms with Crippen molar-refractivity contribution < 1.29 is 19.0 Å². The number of carbonyl (C=O) groups is 1. The summed E-state index contributed by atoms with van der Waals surface area (Å²) in [7, 11) is 0. The number of unbranched alkanes of at least 4 members (excludes halogenated alkanes) is 2. The number of hydrogen-bond acceptors (Lipinski definition) is 7. The minimum absolute atomic E-state index is 0.00469. The quantitative estimate of drug-likeness (QED) is 0.128. The molecule has 3 aromatic carbocycles. The first-order valence-electron chi connectivity index (χ1n) is 12.4. The zero-order valence-electron chi connectivity index (χ0n) is 21.0. The van der Waals surface area contributed by atoms with E-state index in [0.29, 0.717) is 28.3 Å². The van der Waals surface area contributed by atoms with Gasteiger partial charge in [0.15, 0.2) is 0 Å². The van der Waals surface area contributed by atoms with Crippen LogP contribution < -0.4 is 19.9 Å². The number of thiophene rings is 1. The van der Waals surface area contributed by atoms with Gasteiger partial charge in [-0.15, -0.1) is 11.3 Å². The van der Waals surface area contributed by atoms with E-state index in [9.17, 15) is 10.1 Å². The van der Waals surface area contributed by atoms with E-state index < -0.39 is 11.9 Å². The summed E-state index contributed by atoms with van der Waals surface area (Å²) in [4.78, 5) is 13.3. The third-order valence-electron chi connectivity index (χ3n) is 6.40. The molecule has 0 bridgehead atoms. The summed E-state index contributed by atoms with van der Waals surface area (Å²) in [5, 5.41) is 11.2. The number of carbonyl (C=O) groups excluding carboxylic acids is 1. The van der Waals surface area contributed by atoms with Gasteiger partial charge < -0.3 is 19.9 Å². The lowest BCUT2D eigenvalue weighted by atomic mass is 9.83. The Morgan fingerprint density at radius 1 is 1.10 bits per heavy atom. The molecule has 1 aliphatic rings. The molecular formula is C30H24Cl2N2O4S. The number of esters is 1. The molecule has 1 aliphatic heterocycles. The first-order chi connectivity index (χ1) is 18.9. The molecule has 1 atom stereocenters. The van der Waals surface area contributed by atoms with Gasteiger partial charge in [0.25, 0.3) is 0 Å². The number of nitrogens with zero attached hydrogens (tertiary/aromatic N) is 1. The zero-order valence-corrected chi connectivity index (χ0v) is 23.3. The van der Waals surface area contributed by atoms with Crippen LogP contribution in [0.15, 0.2) is 72.1 Å². The molecule has 5 rings (SSSR count). The van der Waals surface area contributed by atoms with E-state index in [0.717, 1.165) is 40.8 Å². The summed E-state index contributed by atoms with van der Waals surface area (Å²) < 4.78 is 18.2. The Kier molecular flexibility index (Phi) is 7.99. The SMILES string of the molecule is CCCCCOc1cccc(C2C(C#N)=C(N)Oc3cc(OC(=O)c4sc5cccc(Cl)c5c4Cl)ccc32)c1. The number of nitrogens with two attached hydrogens (primary N) is 1. The van der Waals surface area contributed by atoms with Gasteiger partial charge in [0.2, 0.25) is 5.88 Å². The van der Waals surface area contributed by atoms with Crippen LogP contribution in [0.3, 0.4) is 0 Å². The number of hydrogen-bond donors (Lipinski definition) is 1. The van der Waals surface area contributed by atoms with Crippen LogP contribution in [-0.2, 0) is 0 Å². The smallest absolute Gasteiger partial charge is 0.355 e. The normalized spacial score (nSPS) is 14.5. The molecule has 39 heavy (non-hydrogen) atoms. The monoisotopic (exact) mass is 578 g/mol. The first kappa shape index (κ1) is 26.9. The maximum atomic E-state index is 13.0. The maximum Gasteiger partial charge on any atom is 0.355 e. The second-order valence-corrected chi connectivity index (χ2v) is 10.8. The Bertz CT molecular complexity index is 1640. The number of benzene rings is 3. The molecule has 2 N–H and O–H groups in total. The predicted octanol–water partition coefficient (Wildman–Crippen LogP) is 8.21. The predicted molar refractivity (Wildman–Crippen MR) is 154 cm³/mol. The van der Waals surface area contributed by atoms with Gasteiger partial charge in [-0.2, -0.15) is 5.26 Å². The van der Waals surface area contributed by atoms with Gasteiger partial charge in [0.05, 0.1) is 22.6 Å². The molecule has 1 aromatic heterocycles. The fourth-order valence-corrected chi connectivity index (χ4v) is 6.35. The number of fused-ring (bicyclic) bond motifs is 2. The summed E-state index contributed by atoms with van der Waals surface area (Å²) in [5.41, 5.74) is 8.02. The van der Waals surface area contributed by atoms with Gasteiger partial charge in [-0.3, -0.25) is 0 Å². The fraction of sp³-hybridized carbons (Fsp3) is 0.200. The second kappa shape index (κ2) is 11.6. The number of halogens is 2. The van der Waals surface area contributed by atoms with Crippen molar-refractivity contribution in [3.8, 4) is 23.3 Å². The minimum Gasteiger partial charge on any atom is -0.494 e. The molecule has 1 unspecified atom stereocenters. The minimum atomic E-state index is -0.612. The van der Waals surface area contributed by atoms with Gasteiger partial charge >= 0.3 is 5.97 Å². The van der Waals surface area contributed by atoms with Crippen molar-refractivity contribution in [3.05, 3.63) is 98.2 Å². The molecule has 9 heteroatoms.